The van der Waals surface area contributed by atoms with Gasteiger partial charge >= 0.3 is 0 Å². The lowest BCUT2D eigenvalue weighted by Gasteiger charge is -2.38. The average Bonchev–Trinajstić information content (AvgIpc) is 2.64. The number of piperidine rings is 1. The van der Waals surface area contributed by atoms with E-state index in [-0.39, 0.29) is 6.10 Å². The first-order chi connectivity index (χ1) is 9.15. The molecule has 2 fully saturated rings. The van der Waals surface area contributed by atoms with Crippen LogP contribution in [0.3, 0.4) is 0 Å². The quantitative estimate of drug-likeness (QED) is 0.919. The predicted molar refractivity (Wildman–Crippen MR) is 78.5 cm³/mol. The largest absolute Gasteiger partial charge is 0.392 e. The van der Waals surface area contributed by atoms with E-state index in [0.717, 1.165) is 23.4 Å². The van der Waals surface area contributed by atoms with E-state index in [2.05, 4.69) is 11.9 Å². The minimum absolute atomic E-state index is 0.253. The maximum Gasteiger partial charge on any atom is 0.0610 e. The Hall–Kier alpha value is -0.570. The van der Waals surface area contributed by atoms with Crippen molar-refractivity contribution < 1.29 is 5.11 Å². The summed E-state index contributed by atoms with van der Waals surface area (Å²) in [5.41, 5.74) is 1.07. The topological polar surface area (TPSA) is 23.5 Å². The Morgan fingerprint density at radius 2 is 1.89 bits per heavy atom. The van der Waals surface area contributed by atoms with E-state index in [4.69, 9.17) is 11.6 Å². The Morgan fingerprint density at radius 1 is 1.26 bits per heavy atom. The maximum atomic E-state index is 10.5. The second-order valence-corrected chi connectivity index (χ2v) is 6.55. The highest BCUT2D eigenvalue weighted by molar-refractivity contribution is 6.31. The molecule has 19 heavy (non-hydrogen) atoms. The molecule has 0 aromatic heterocycles. The van der Waals surface area contributed by atoms with Gasteiger partial charge < -0.3 is 10.0 Å². The molecule has 3 unspecified atom stereocenters. The molecular formula is C16H22ClNO. The summed E-state index contributed by atoms with van der Waals surface area (Å²) in [6.07, 6.45) is 5.31. The normalized spacial score (nSPS) is 32.5. The summed E-state index contributed by atoms with van der Waals surface area (Å²) in [7, 11) is 2.24. The Labute approximate surface area is 120 Å². The van der Waals surface area contributed by atoms with E-state index in [1.807, 2.05) is 24.3 Å². The summed E-state index contributed by atoms with van der Waals surface area (Å²) in [5.74, 6) is 0.435. The van der Waals surface area contributed by atoms with Crippen LogP contribution < -0.4 is 0 Å². The number of halogens is 1. The van der Waals surface area contributed by atoms with Crippen LogP contribution in [0.15, 0.2) is 24.3 Å². The summed E-state index contributed by atoms with van der Waals surface area (Å²) < 4.78 is 0. The van der Waals surface area contributed by atoms with Gasteiger partial charge in [-0.25, -0.2) is 0 Å². The minimum atomic E-state index is -0.253. The molecule has 3 atom stereocenters. The molecule has 1 aromatic rings. The average molecular weight is 280 g/mol. The fourth-order valence-corrected chi connectivity index (χ4v) is 4.04. The number of aliphatic hydroxyl groups is 1. The third kappa shape index (κ3) is 2.67. The molecule has 0 saturated carbocycles. The van der Waals surface area contributed by atoms with Gasteiger partial charge in [-0.05, 0) is 50.3 Å². The SMILES string of the molecule is CN1C2CCC1CC(C(O)Cc1ccccc1Cl)C2. The highest BCUT2D eigenvalue weighted by Gasteiger charge is 2.40. The van der Waals surface area contributed by atoms with Crippen molar-refractivity contribution in [3.63, 3.8) is 0 Å². The summed E-state index contributed by atoms with van der Waals surface area (Å²) in [4.78, 5) is 2.51. The second kappa shape index (κ2) is 5.43. The Bertz CT molecular complexity index is 436. The molecule has 3 rings (SSSR count). The van der Waals surface area contributed by atoms with Crippen LogP contribution in [0.4, 0.5) is 0 Å². The van der Waals surface area contributed by atoms with Gasteiger partial charge in [-0.15, -0.1) is 0 Å². The summed E-state index contributed by atoms with van der Waals surface area (Å²) in [5, 5.41) is 11.3. The third-order valence-electron chi connectivity index (χ3n) is 5.07. The van der Waals surface area contributed by atoms with Crippen LogP contribution in [-0.2, 0) is 6.42 Å². The molecule has 0 aliphatic carbocycles. The van der Waals surface area contributed by atoms with Gasteiger partial charge in [0, 0.05) is 23.5 Å². The van der Waals surface area contributed by atoms with Gasteiger partial charge in [-0.2, -0.15) is 0 Å². The van der Waals surface area contributed by atoms with Crippen LogP contribution in [0.5, 0.6) is 0 Å². The van der Waals surface area contributed by atoms with E-state index in [9.17, 15) is 5.11 Å². The molecule has 1 N–H and O–H groups in total. The van der Waals surface area contributed by atoms with Gasteiger partial charge in [-0.1, -0.05) is 29.8 Å². The molecule has 2 nitrogen and oxygen atoms in total. The lowest BCUT2D eigenvalue weighted by atomic mass is 9.84. The first kappa shape index (κ1) is 13.4. The third-order valence-corrected chi connectivity index (χ3v) is 5.43. The summed E-state index contributed by atoms with van der Waals surface area (Å²) in [6, 6.07) is 9.23. The van der Waals surface area contributed by atoms with Crippen molar-refractivity contribution in [2.75, 3.05) is 7.05 Å². The molecule has 2 aliphatic heterocycles. The van der Waals surface area contributed by atoms with Crippen molar-refractivity contribution >= 4 is 11.6 Å². The fraction of sp³-hybridized carbons (Fsp3) is 0.625. The minimum Gasteiger partial charge on any atom is -0.392 e. The van der Waals surface area contributed by atoms with E-state index < -0.39 is 0 Å². The number of hydrogen-bond donors (Lipinski definition) is 1. The van der Waals surface area contributed by atoms with Crippen molar-refractivity contribution in [3.05, 3.63) is 34.9 Å². The van der Waals surface area contributed by atoms with Crippen LogP contribution in [0.2, 0.25) is 5.02 Å². The number of aliphatic hydroxyl groups excluding tert-OH is 1. The van der Waals surface area contributed by atoms with E-state index in [1.165, 1.54) is 12.8 Å². The zero-order chi connectivity index (χ0) is 13.4. The molecule has 0 spiro atoms. The Morgan fingerprint density at radius 3 is 2.53 bits per heavy atom. The van der Waals surface area contributed by atoms with E-state index in [1.54, 1.807) is 0 Å². The molecule has 2 bridgehead atoms. The molecule has 2 heterocycles. The zero-order valence-corrected chi connectivity index (χ0v) is 12.2. The van der Waals surface area contributed by atoms with Gasteiger partial charge in [0.25, 0.3) is 0 Å². The first-order valence-electron chi connectivity index (χ1n) is 7.28. The van der Waals surface area contributed by atoms with Crippen molar-refractivity contribution in [2.24, 2.45) is 5.92 Å². The van der Waals surface area contributed by atoms with Gasteiger partial charge in [-0.3, -0.25) is 0 Å². The Kier molecular flexibility index (Phi) is 3.84. The molecule has 1 aromatic carbocycles. The lowest BCUT2D eigenvalue weighted by molar-refractivity contribution is 0.0368. The number of nitrogens with zero attached hydrogens (tertiary/aromatic N) is 1. The van der Waals surface area contributed by atoms with Crippen LogP contribution >= 0.6 is 11.6 Å². The molecule has 0 radical (unpaired) electrons. The maximum absolute atomic E-state index is 10.5. The molecule has 2 aliphatic rings. The standard InChI is InChI=1S/C16H22ClNO/c1-18-13-6-7-14(18)9-12(8-13)16(19)10-11-4-2-3-5-15(11)17/h2-5,12-14,16,19H,6-10H2,1H3. The van der Waals surface area contributed by atoms with Crippen LogP contribution in [0, 0.1) is 5.92 Å². The molecular weight excluding hydrogens is 258 g/mol. The molecule has 3 heteroatoms. The second-order valence-electron chi connectivity index (χ2n) is 6.14. The molecule has 0 amide bonds. The lowest BCUT2D eigenvalue weighted by Crippen LogP contribution is -2.43. The van der Waals surface area contributed by atoms with Gasteiger partial charge in [0.05, 0.1) is 6.10 Å². The molecule has 2 saturated heterocycles. The van der Waals surface area contributed by atoms with Crippen molar-refractivity contribution in [3.8, 4) is 0 Å². The first-order valence-corrected chi connectivity index (χ1v) is 7.66. The van der Waals surface area contributed by atoms with E-state index >= 15 is 0 Å². The van der Waals surface area contributed by atoms with Gasteiger partial charge in [0.1, 0.15) is 0 Å². The number of rotatable bonds is 3. The zero-order valence-electron chi connectivity index (χ0n) is 11.4. The van der Waals surface area contributed by atoms with E-state index in [0.29, 0.717) is 24.4 Å². The number of benzene rings is 1. The smallest absolute Gasteiger partial charge is 0.0610 e. The highest BCUT2D eigenvalue weighted by Crippen LogP contribution is 2.39. The molecule has 104 valence electrons. The predicted octanol–water partition coefficient (Wildman–Crippen LogP) is 3.12. The van der Waals surface area contributed by atoms with Crippen LogP contribution in [0.1, 0.15) is 31.2 Å². The fourth-order valence-electron chi connectivity index (χ4n) is 3.82. The van der Waals surface area contributed by atoms with Crippen molar-refractivity contribution in [1.82, 2.24) is 4.90 Å². The number of hydrogen-bond acceptors (Lipinski definition) is 2. The summed E-state index contributed by atoms with van der Waals surface area (Å²) >= 11 is 6.18. The van der Waals surface area contributed by atoms with Crippen molar-refractivity contribution in [2.45, 2.75) is 50.3 Å². The van der Waals surface area contributed by atoms with Crippen LogP contribution in [-0.4, -0.2) is 35.2 Å². The van der Waals surface area contributed by atoms with Crippen LogP contribution in [0.25, 0.3) is 0 Å². The number of fused-ring (bicyclic) bond motifs is 2. The van der Waals surface area contributed by atoms with Gasteiger partial charge in [0.15, 0.2) is 0 Å². The summed E-state index contributed by atoms with van der Waals surface area (Å²) in [6.45, 7) is 0. The highest BCUT2D eigenvalue weighted by atomic mass is 35.5. The van der Waals surface area contributed by atoms with Gasteiger partial charge in [0.2, 0.25) is 0 Å². The van der Waals surface area contributed by atoms with Crippen molar-refractivity contribution in [1.29, 1.82) is 0 Å². The Balaban J connectivity index is 1.65. The monoisotopic (exact) mass is 279 g/mol.